The maximum atomic E-state index is 11.5. The number of benzene rings is 1. The van der Waals surface area contributed by atoms with Crippen LogP contribution in [-0.2, 0) is 6.42 Å². The van der Waals surface area contributed by atoms with E-state index in [1.165, 1.54) is 5.56 Å². The Bertz CT molecular complexity index is 635. The maximum Gasteiger partial charge on any atom is 0.266 e. The van der Waals surface area contributed by atoms with E-state index in [1.807, 2.05) is 30.3 Å². The third kappa shape index (κ3) is 2.11. The summed E-state index contributed by atoms with van der Waals surface area (Å²) in [4.78, 5) is 14.0. The van der Waals surface area contributed by atoms with Gasteiger partial charge in [0.25, 0.3) is 5.56 Å². The fraction of sp³-hybridized carbons (Fsp3) is 0.143. The van der Waals surface area contributed by atoms with Gasteiger partial charge in [-0.2, -0.15) is 5.26 Å². The number of aromatic nitrogens is 1. The van der Waals surface area contributed by atoms with Crippen LogP contribution in [0.1, 0.15) is 18.1 Å². The van der Waals surface area contributed by atoms with Crippen LogP contribution < -0.4 is 5.56 Å². The van der Waals surface area contributed by atoms with Crippen molar-refractivity contribution >= 4 is 0 Å². The number of H-pyrrole nitrogens is 1. The Hall–Kier alpha value is -2.34. The molecule has 84 valence electrons. The van der Waals surface area contributed by atoms with Crippen LogP contribution in [0.3, 0.4) is 0 Å². The van der Waals surface area contributed by atoms with Crippen molar-refractivity contribution in [3.63, 3.8) is 0 Å². The molecule has 1 aromatic heterocycles. The van der Waals surface area contributed by atoms with Crippen molar-refractivity contribution in [1.29, 1.82) is 5.26 Å². The van der Waals surface area contributed by atoms with E-state index in [4.69, 9.17) is 5.26 Å². The molecule has 1 heterocycles. The standard InChI is InChI=1S/C14H12N2O/c1-2-10-4-3-5-11(8-10)12-6-7-16-14(17)13(12)9-15/h3-8H,2H2,1H3,(H,16,17). The van der Waals surface area contributed by atoms with Gasteiger partial charge in [0.2, 0.25) is 0 Å². The van der Waals surface area contributed by atoms with E-state index in [1.54, 1.807) is 12.3 Å². The molecule has 0 aliphatic rings. The van der Waals surface area contributed by atoms with Crippen LogP contribution in [0.4, 0.5) is 0 Å². The van der Waals surface area contributed by atoms with Gasteiger partial charge in [0, 0.05) is 11.8 Å². The zero-order valence-electron chi connectivity index (χ0n) is 9.53. The number of aromatic amines is 1. The summed E-state index contributed by atoms with van der Waals surface area (Å²) in [6.07, 6.45) is 2.50. The highest BCUT2D eigenvalue weighted by molar-refractivity contribution is 5.70. The van der Waals surface area contributed by atoms with E-state index in [2.05, 4.69) is 11.9 Å². The second-order valence-corrected chi connectivity index (χ2v) is 3.76. The number of nitrogens with one attached hydrogen (secondary N) is 1. The van der Waals surface area contributed by atoms with Crippen LogP contribution in [0, 0.1) is 11.3 Å². The van der Waals surface area contributed by atoms with Crippen molar-refractivity contribution in [3.05, 3.63) is 58.0 Å². The normalized spacial score (nSPS) is 9.88. The lowest BCUT2D eigenvalue weighted by molar-refractivity contribution is 1.14. The smallest absolute Gasteiger partial charge is 0.266 e. The van der Waals surface area contributed by atoms with Crippen molar-refractivity contribution < 1.29 is 0 Å². The molecule has 1 N–H and O–H groups in total. The number of pyridine rings is 1. The Kier molecular flexibility index (Phi) is 3.06. The van der Waals surface area contributed by atoms with Gasteiger partial charge in [-0.1, -0.05) is 31.2 Å². The summed E-state index contributed by atoms with van der Waals surface area (Å²) < 4.78 is 0. The Morgan fingerprint density at radius 1 is 1.35 bits per heavy atom. The molecule has 0 fully saturated rings. The molecule has 1 aromatic carbocycles. The molecular formula is C14H12N2O. The lowest BCUT2D eigenvalue weighted by atomic mass is 9.99. The van der Waals surface area contributed by atoms with E-state index in [9.17, 15) is 4.79 Å². The van der Waals surface area contributed by atoms with Crippen LogP contribution in [0.25, 0.3) is 11.1 Å². The Labute approximate surface area is 99.4 Å². The second-order valence-electron chi connectivity index (χ2n) is 3.76. The molecule has 0 aliphatic heterocycles. The first-order chi connectivity index (χ1) is 8.26. The second kappa shape index (κ2) is 4.67. The fourth-order valence-electron chi connectivity index (χ4n) is 1.79. The summed E-state index contributed by atoms with van der Waals surface area (Å²) in [7, 11) is 0. The Morgan fingerprint density at radius 2 is 2.18 bits per heavy atom. The molecule has 0 amide bonds. The largest absolute Gasteiger partial charge is 0.328 e. The Balaban J connectivity index is 2.65. The average Bonchev–Trinajstić information content (AvgIpc) is 2.38. The molecule has 0 atom stereocenters. The highest BCUT2D eigenvalue weighted by atomic mass is 16.1. The number of nitrogens with zero attached hydrogens (tertiary/aromatic N) is 1. The highest BCUT2D eigenvalue weighted by Crippen LogP contribution is 2.21. The van der Waals surface area contributed by atoms with Gasteiger partial charge in [-0.05, 0) is 23.6 Å². The molecule has 3 nitrogen and oxygen atoms in total. The molecule has 0 radical (unpaired) electrons. The van der Waals surface area contributed by atoms with Crippen molar-refractivity contribution in [3.8, 4) is 17.2 Å². The fourth-order valence-corrected chi connectivity index (χ4v) is 1.79. The summed E-state index contributed by atoms with van der Waals surface area (Å²) in [6.45, 7) is 2.07. The number of hydrogen-bond donors (Lipinski definition) is 1. The molecule has 0 unspecified atom stereocenters. The highest BCUT2D eigenvalue weighted by Gasteiger charge is 2.08. The van der Waals surface area contributed by atoms with Gasteiger partial charge < -0.3 is 4.98 Å². The quantitative estimate of drug-likeness (QED) is 0.851. The van der Waals surface area contributed by atoms with Crippen molar-refractivity contribution in [1.82, 2.24) is 4.98 Å². The SMILES string of the molecule is CCc1cccc(-c2cc[nH]c(=O)c2C#N)c1. The molecule has 0 bridgehead atoms. The predicted molar refractivity (Wildman–Crippen MR) is 66.6 cm³/mol. The topological polar surface area (TPSA) is 56.6 Å². The van der Waals surface area contributed by atoms with Crippen LogP contribution in [0.2, 0.25) is 0 Å². The molecule has 2 rings (SSSR count). The van der Waals surface area contributed by atoms with E-state index in [0.717, 1.165) is 12.0 Å². The van der Waals surface area contributed by atoms with Gasteiger partial charge in [0.15, 0.2) is 0 Å². The van der Waals surface area contributed by atoms with Crippen molar-refractivity contribution in [2.24, 2.45) is 0 Å². The number of nitriles is 1. The molecule has 0 spiro atoms. The van der Waals surface area contributed by atoms with E-state index in [0.29, 0.717) is 5.56 Å². The molecular weight excluding hydrogens is 212 g/mol. The Morgan fingerprint density at radius 3 is 2.88 bits per heavy atom. The van der Waals surface area contributed by atoms with Gasteiger partial charge in [-0.3, -0.25) is 4.79 Å². The molecule has 2 aromatic rings. The molecule has 3 heteroatoms. The van der Waals surface area contributed by atoms with Gasteiger partial charge in [-0.15, -0.1) is 0 Å². The molecule has 0 aliphatic carbocycles. The van der Waals surface area contributed by atoms with E-state index in [-0.39, 0.29) is 11.1 Å². The summed E-state index contributed by atoms with van der Waals surface area (Å²) in [5.41, 5.74) is 2.61. The summed E-state index contributed by atoms with van der Waals surface area (Å²) in [5, 5.41) is 9.02. The van der Waals surface area contributed by atoms with Crippen LogP contribution in [0.15, 0.2) is 41.3 Å². The summed E-state index contributed by atoms with van der Waals surface area (Å²) in [5.74, 6) is 0. The van der Waals surface area contributed by atoms with E-state index < -0.39 is 0 Å². The van der Waals surface area contributed by atoms with Crippen molar-refractivity contribution in [2.75, 3.05) is 0 Å². The third-order valence-electron chi connectivity index (χ3n) is 2.72. The van der Waals surface area contributed by atoms with Crippen LogP contribution in [0.5, 0.6) is 0 Å². The zero-order valence-corrected chi connectivity index (χ0v) is 9.53. The summed E-state index contributed by atoms with van der Waals surface area (Å²) >= 11 is 0. The number of hydrogen-bond acceptors (Lipinski definition) is 2. The number of rotatable bonds is 2. The summed E-state index contributed by atoms with van der Waals surface area (Å²) in [6, 6.07) is 11.6. The van der Waals surface area contributed by atoms with Gasteiger partial charge in [0.05, 0.1) is 0 Å². The van der Waals surface area contributed by atoms with Gasteiger partial charge in [-0.25, -0.2) is 0 Å². The predicted octanol–water partition coefficient (Wildman–Crippen LogP) is 2.48. The minimum atomic E-state index is -0.341. The maximum absolute atomic E-state index is 11.5. The monoisotopic (exact) mass is 224 g/mol. The third-order valence-corrected chi connectivity index (χ3v) is 2.72. The molecule has 17 heavy (non-hydrogen) atoms. The first-order valence-corrected chi connectivity index (χ1v) is 5.47. The minimum Gasteiger partial charge on any atom is -0.328 e. The van der Waals surface area contributed by atoms with Gasteiger partial charge >= 0.3 is 0 Å². The zero-order chi connectivity index (χ0) is 12.3. The van der Waals surface area contributed by atoms with Crippen molar-refractivity contribution in [2.45, 2.75) is 13.3 Å². The molecule has 0 saturated heterocycles. The lowest BCUT2D eigenvalue weighted by Crippen LogP contribution is -2.10. The first-order valence-electron chi connectivity index (χ1n) is 5.47. The van der Waals surface area contributed by atoms with Crippen LogP contribution in [-0.4, -0.2) is 4.98 Å². The van der Waals surface area contributed by atoms with Gasteiger partial charge in [0.1, 0.15) is 11.6 Å². The first kappa shape index (κ1) is 11.2. The van der Waals surface area contributed by atoms with E-state index >= 15 is 0 Å². The minimum absolute atomic E-state index is 0.167. The molecule has 0 saturated carbocycles. The average molecular weight is 224 g/mol. The number of aryl methyl sites for hydroxylation is 1. The lowest BCUT2D eigenvalue weighted by Gasteiger charge is -2.05. The van der Waals surface area contributed by atoms with Crippen LogP contribution >= 0.6 is 0 Å².